The van der Waals surface area contributed by atoms with Crippen LogP contribution in [0.25, 0.3) is 0 Å². The van der Waals surface area contributed by atoms with Crippen LogP contribution >= 0.6 is 11.8 Å². The summed E-state index contributed by atoms with van der Waals surface area (Å²) in [7, 11) is -5.30. The molecule has 4 nitrogen and oxygen atoms in total. The molecular weight excluding hydrogens is 495 g/mol. The molecule has 4 aliphatic carbocycles. The molecule has 0 aromatic carbocycles. The average Bonchev–Trinajstić information content (AvgIpc) is 3.15. The molecule has 0 aliphatic heterocycles. The molecule has 1 aromatic rings. The molecule has 0 N–H and O–H groups in total. The molecule has 5 rings (SSSR count). The van der Waals surface area contributed by atoms with E-state index in [0.29, 0.717) is 18.3 Å². The van der Waals surface area contributed by atoms with Crippen molar-refractivity contribution in [3.63, 3.8) is 0 Å². The lowest BCUT2D eigenvalue weighted by atomic mass is 9.48. The van der Waals surface area contributed by atoms with Crippen LogP contribution in [-0.2, 0) is 14.6 Å². The van der Waals surface area contributed by atoms with Gasteiger partial charge in [0.1, 0.15) is 5.03 Å². The molecule has 1 heterocycles. The number of aromatic nitrogens is 1. The number of alkyl halides is 3. The number of rotatable bonds is 3. The van der Waals surface area contributed by atoms with E-state index in [-0.39, 0.29) is 34.2 Å². The first kappa shape index (κ1) is 25.1. The van der Waals surface area contributed by atoms with Crippen LogP contribution in [0.3, 0.4) is 0 Å². The molecule has 4 aliphatic rings. The third-order valence-corrected chi connectivity index (χ3v) is 12.1. The second-order valence-electron chi connectivity index (χ2n) is 11.0. The number of sulfone groups is 1. The quantitative estimate of drug-likeness (QED) is 0.411. The van der Waals surface area contributed by atoms with E-state index in [1.165, 1.54) is 17.8 Å². The fourth-order valence-electron chi connectivity index (χ4n) is 7.63. The van der Waals surface area contributed by atoms with Crippen LogP contribution in [0.5, 0.6) is 0 Å². The Hall–Kier alpha value is -1.61. The summed E-state index contributed by atoms with van der Waals surface area (Å²) in [6, 6.07) is 5.56. The van der Waals surface area contributed by atoms with Crippen molar-refractivity contribution >= 4 is 26.7 Å². The molecule has 6 atom stereocenters. The zero-order chi connectivity index (χ0) is 25.2. The Morgan fingerprint density at radius 3 is 2.57 bits per heavy atom. The summed E-state index contributed by atoms with van der Waals surface area (Å²) >= 11 is 1.23. The van der Waals surface area contributed by atoms with Crippen molar-refractivity contribution in [2.75, 3.05) is 0 Å². The zero-order valence-electron chi connectivity index (χ0n) is 19.8. The molecule has 9 heteroatoms. The molecule has 2 saturated carbocycles. The number of hydrogen-bond donors (Lipinski definition) is 0. The standard InChI is InChI=1S/C26H30F3NO3S2/c1-24-12-10-17(35(32,33)26(27,28)29)15-16(24)6-7-18-19-8-9-21(25(19,2)13-11-20(18)24)23(31)34-22-5-3-4-14-30-22/h3-6,14-15,18-21H,7-13H2,1-2H3/t18-,19-,20-,21+,24-,25-/m0/s1. The predicted octanol–water partition coefficient (Wildman–Crippen LogP) is 6.71. The lowest BCUT2D eigenvalue weighted by Gasteiger charge is -2.57. The van der Waals surface area contributed by atoms with Gasteiger partial charge in [0.05, 0.1) is 4.91 Å². The number of carbonyl (C=O) groups excluding carboxylic acids is 1. The zero-order valence-corrected chi connectivity index (χ0v) is 21.5. The molecule has 0 bridgehead atoms. The van der Waals surface area contributed by atoms with Gasteiger partial charge in [0, 0.05) is 12.1 Å². The van der Waals surface area contributed by atoms with Gasteiger partial charge >= 0.3 is 5.51 Å². The summed E-state index contributed by atoms with van der Waals surface area (Å²) in [5.41, 5.74) is -4.96. The van der Waals surface area contributed by atoms with Gasteiger partial charge in [0.25, 0.3) is 9.84 Å². The van der Waals surface area contributed by atoms with Gasteiger partial charge in [-0.2, -0.15) is 13.2 Å². The van der Waals surface area contributed by atoms with Crippen LogP contribution in [0.4, 0.5) is 13.2 Å². The molecule has 0 spiro atoms. The van der Waals surface area contributed by atoms with E-state index >= 15 is 0 Å². The van der Waals surface area contributed by atoms with Gasteiger partial charge in [-0.25, -0.2) is 13.4 Å². The molecule has 0 unspecified atom stereocenters. The van der Waals surface area contributed by atoms with E-state index in [9.17, 15) is 26.4 Å². The summed E-state index contributed by atoms with van der Waals surface area (Å²) < 4.78 is 63.5. The number of nitrogens with zero attached hydrogens (tertiary/aromatic N) is 1. The molecule has 190 valence electrons. The second kappa shape index (κ2) is 8.47. The molecule has 1 aromatic heterocycles. The summed E-state index contributed by atoms with van der Waals surface area (Å²) in [5, 5.41) is 0.891. The van der Waals surface area contributed by atoms with Crippen LogP contribution in [0.15, 0.2) is 52.1 Å². The second-order valence-corrected chi connectivity index (χ2v) is 14.0. The SMILES string of the molecule is C[C@]12CC[C@H]3[C@@H](CC=C4C=C(S(=O)(=O)C(F)(F)F)CC[C@@]43C)[C@@H]1CC[C@@H]2C(=O)Sc1ccccn1. The van der Waals surface area contributed by atoms with Crippen molar-refractivity contribution in [1.29, 1.82) is 0 Å². The van der Waals surface area contributed by atoms with Gasteiger partial charge in [-0.05, 0) is 109 Å². The number of allylic oxidation sites excluding steroid dienone is 4. The van der Waals surface area contributed by atoms with E-state index in [4.69, 9.17) is 0 Å². The lowest BCUT2D eigenvalue weighted by Crippen LogP contribution is -2.50. The Morgan fingerprint density at radius 2 is 1.89 bits per heavy atom. The fraction of sp³-hybridized carbons (Fsp3) is 0.615. The third kappa shape index (κ3) is 3.92. The maximum Gasteiger partial charge on any atom is 0.501 e. The number of pyridine rings is 1. The van der Waals surface area contributed by atoms with Crippen molar-refractivity contribution in [2.24, 2.45) is 34.5 Å². The predicted molar refractivity (Wildman–Crippen MR) is 129 cm³/mol. The maximum absolute atomic E-state index is 13.3. The number of carbonyl (C=O) groups is 1. The van der Waals surface area contributed by atoms with E-state index in [1.54, 1.807) is 6.20 Å². The minimum atomic E-state index is -5.30. The summed E-state index contributed by atoms with van der Waals surface area (Å²) in [4.78, 5) is 17.1. The highest BCUT2D eigenvalue weighted by Crippen LogP contribution is 2.66. The Labute approximate surface area is 208 Å². The smallest absolute Gasteiger partial charge is 0.286 e. The summed E-state index contributed by atoms with van der Waals surface area (Å²) in [6.07, 6.45) is 9.65. The number of fused-ring (bicyclic) bond motifs is 5. The molecule has 2 fully saturated rings. The molecule has 0 saturated heterocycles. The van der Waals surface area contributed by atoms with Crippen LogP contribution in [0.1, 0.15) is 58.8 Å². The van der Waals surface area contributed by atoms with Gasteiger partial charge in [-0.15, -0.1) is 0 Å². The highest BCUT2D eigenvalue weighted by Gasteiger charge is 2.60. The first-order valence-corrected chi connectivity index (χ1v) is 14.5. The lowest BCUT2D eigenvalue weighted by molar-refractivity contribution is -0.120. The molecule has 0 radical (unpaired) electrons. The Kier molecular flexibility index (Phi) is 6.06. The fourth-order valence-corrected chi connectivity index (χ4v) is 9.57. The first-order chi connectivity index (χ1) is 16.4. The molecular formula is C26H30F3NO3S2. The topological polar surface area (TPSA) is 64.1 Å². The monoisotopic (exact) mass is 525 g/mol. The van der Waals surface area contributed by atoms with Crippen LogP contribution in [0.2, 0.25) is 0 Å². The highest BCUT2D eigenvalue weighted by molar-refractivity contribution is 8.13. The minimum absolute atomic E-state index is 0.0339. The Morgan fingerprint density at radius 1 is 1.11 bits per heavy atom. The van der Waals surface area contributed by atoms with Crippen molar-refractivity contribution in [3.8, 4) is 0 Å². The largest absolute Gasteiger partial charge is 0.501 e. The van der Waals surface area contributed by atoms with E-state index in [0.717, 1.165) is 42.7 Å². The first-order valence-electron chi connectivity index (χ1n) is 12.2. The summed E-state index contributed by atoms with van der Waals surface area (Å²) in [6.45, 7) is 4.35. The maximum atomic E-state index is 13.3. The molecule has 35 heavy (non-hydrogen) atoms. The van der Waals surface area contributed by atoms with Gasteiger partial charge in [-0.1, -0.05) is 26.0 Å². The van der Waals surface area contributed by atoms with Crippen LogP contribution in [-0.4, -0.2) is 24.0 Å². The minimum Gasteiger partial charge on any atom is -0.286 e. The van der Waals surface area contributed by atoms with Crippen molar-refractivity contribution in [1.82, 2.24) is 4.98 Å². The number of hydrogen-bond acceptors (Lipinski definition) is 5. The van der Waals surface area contributed by atoms with Crippen LogP contribution < -0.4 is 0 Å². The van der Waals surface area contributed by atoms with Crippen LogP contribution in [0, 0.1) is 34.5 Å². The van der Waals surface area contributed by atoms with Crippen molar-refractivity contribution in [3.05, 3.63) is 47.0 Å². The van der Waals surface area contributed by atoms with Gasteiger partial charge in [0.2, 0.25) is 0 Å². The van der Waals surface area contributed by atoms with E-state index in [2.05, 4.69) is 18.8 Å². The number of thioether (sulfide) groups is 1. The normalized spacial score (nSPS) is 36.9. The summed E-state index contributed by atoms with van der Waals surface area (Å²) in [5.74, 6) is 0.977. The average molecular weight is 526 g/mol. The number of halogens is 3. The third-order valence-electron chi connectivity index (χ3n) is 9.51. The van der Waals surface area contributed by atoms with Gasteiger partial charge in [-0.3, -0.25) is 4.79 Å². The van der Waals surface area contributed by atoms with Gasteiger partial charge < -0.3 is 0 Å². The molecule has 0 amide bonds. The van der Waals surface area contributed by atoms with Gasteiger partial charge in [0.15, 0.2) is 5.12 Å². The van der Waals surface area contributed by atoms with E-state index < -0.39 is 20.3 Å². The van der Waals surface area contributed by atoms with Crippen molar-refractivity contribution in [2.45, 2.75) is 69.3 Å². The Bertz CT molecular complexity index is 1190. The van der Waals surface area contributed by atoms with Crippen molar-refractivity contribution < 1.29 is 26.4 Å². The van der Waals surface area contributed by atoms with E-state index in [1.807, 2.05) is 24.3 Å². The highest BCUT2D eigenvalue weighted by atomic mass is 32.2. The Balaban J connectivity index is 1.40.